The standard InChI is InChI=1S/C15H17N3/c1-10-2-4-11(5-3-10)14-8-17-9-18(14)15-12-6-16-7-13(12)15/h2-5,8-9,12-13,15-16H,6-7H2,1H3. The number of hydrogen-bond acceptors (Lipinski definition) is 2. The van der Waals surface area contributed by atoms with E-state index in [4.69, 9.17) is 0 Å². The lowest BCUT2D eigenvalue weighted by molar-refractivity contribution is 0.573. The zero-order valence-corrected chi connectivity index (χ0v) is 10.5. The van der Waals surface area contributed by atoms with Crippen LogP contribution in [0.4, 0.5) is 0 Å². The average molecular weight is 239 g/mol. The molecule has 3 nitrogen and oxygen atoms in total. The number of fused-ring (bicyclic) bond motifs is 1. The van der Waals surface area contributed by atoms with Gasteiger partial charge in [0.1, 0.15) is 0 Å². The third-order valence-electron chi connectivity index (χ3n) is 4.38. The molecule has 18 heavy (non-hydrogen) atoms. The van der Waals surface area contributed by atoms with Crippen molar-refractivity contribution in [3.05, 3.63) is 42.4 Å². The molecule has 2 fully saturated rings. The molecule has 2 heterocycles. The first kappa shape index (κ1) is 10.3. The van der Waals surface area contributed by atoms with Crippen molar-refractivity contribution < 1.29 is 0 Å². The van der Waals surface area contributed by atoms with Crippen LogP contribution in [-0.4, -0.2) is 22.6 Å². The van der Waals surface area contributed by atoms with Crippen molar-refractivity contribution in [2.45, 2.75) is 13.0 Å². The molecule has 1 aromatic heterocycles. The molecule has 1 aliphatic carbocycles. The molecule has 0 amide bonds. The van der Waals surface area contributed by atoms with Crippen molar-refractivity contribution in [3.63, 3.8) is 0 Å². The first-order chi connectivity index (χ1) is 8.84. The number of hydrogen-bond donors (Lipinski definition) is 1. The molecule has 2 unspecified atom stereocenters. The summed E-state index contributed by atoms with van der Waals surface area (Å²) in [5.41, 5.74) is 3.84. The largest absolute Gasteiger partial charge is 0.327 e. The van der Waals surface area contributed by atoms with Crippen molar-refractivity contribution in [2.24, 2.45) is 11.8 Å². The van der Waals surface area contributed by atoms with Crippen LogP contribution in [0.3, 0.4) is 0 Å². The van der Waals surface area contributed by atoms with E-state index in [2.05, 4.69) is 46.1 Å². The van der Waals surface area contributed by atoms with E-state index in [0.29, 0.717) is 6.04 Å². The number of nitrogens with zero attached hydrogens (tertiary/aromatic N) is 2. The smallest absolute Gasteiger partial charge is 0.0953 e. The lowest BCUT2D eigenvalue weighted by Crippen LogP contribution is -2.16. The van der Waals surface area contributed by atoms with Crippen LogP contribution >= 0.6 is 0 Å². The van der Waals surface area contributed by atoms with Gasteiger partial charge in [-0.2, -0.15) is 0 Å². The van der Waals surface area contributed by atoms with Gasteiger partial charge in [-0.15, -0.1) is 0 Å². The van der Waals surface area contributed by atoms with Crippen LogP contribution in [0.25, 0.3) is 11.3 Å². The maximum atomic E-state index is 4.35. The molecule has 2 aromatic rings. The second kappa shape index (κ2) is 3.69. The predicted molar refractivity (Wildman–Crippen MR) is 71.3 cm³/mol. The average Bonchev–Trinajstić information content (AvgIpc) is 2.83. The highest BCUT2D eigenvalue weighted by atomic mass is 15.2. The number of aromatic nitrogens is 2. The Morgan fingerprint density at radius 3 is 2.61 bits per heavy atom. The zero-order chi connectivity index (χ0) is 12.1. The van der Waals surface area contributed by atoms with Gasteiger partial charge in [0.05, 0.1) is 18.2 Å². The molecule has 1 N–H and O–H groups in total. The van der Waals surface area contributed by atoms with Crippen molar-refractivity contribution in [1.29, 1.82) is 0 Å². The van der Waals surface area contributed by atoms with Gasteiger partial charge >= 0.3 is 0 Å². The van der Waals surface area contributed by atoms with Crippen LogP contribution in [-0.2, 0) is 0 Å². The fourth-order valence-electron chi connectivity index (χ4n) is 3.29. The summed E-state index contributed by atoms with van der Waals surface area (Å²) in [6, 6.07) is 9.40. The maximum absolute atomic E-state index is 4.35. The Morgan fingerprint density at radius 2 is 1.89 bits per heavy atom. The Balaban J connectivity index is 1.70. The number of nitrogens with one attached hydrogen (secondary N) is 1. The minimum absolute atomic E-state index is 0.671. The molecule has 92 valence electrons. The van der Waals surface area contributed by atoms with Gasteiger partial charge in [0.15, 0.2) is 0 Å². The monoisotopic (exact) mass is 239 g/mol. The molecular weight excluding hydrogens is 222 g/mol. The fourth-order valence-corrected chi connectivity index (χ4v) is 3.29. The normalized spacial score (nSPS) is 29.3. The summed E-state index contributed by atoms with van der Waals surface area (Å²) >= 11 is 0. The fraction of sp³-hybridized carbons (Fsp3) is 0.400. The summed E-state index contributed by atoms with van der Waals surface area (Å²) in [5, 5.41) is 3.45. The Bertz CT molecular complexity index is 560. The molecule has 0 bridgehead atoms. The third-order valence-corrected chi connectivity index (χ3v) is 4.38. The highest BCUT2D eigenvalue weighted by Gasteiger charge is 2.54. The van der Waals surface area contributed by atoms with Crippen molar-refractivity contribution >= 4 is 0 Å². The van der Waals surface area contributed by atoms with Crippen molar-refractivity contribution in [1.82, 2.24) is 14.9 Å². The first-order valence-electron chi connectivity index (χ1n) is 6.64. The van der Waals surface area contributed by atoms with E-state index < -0.39 is 0 Å². The van der Waals surface area contributed by atoms with Crippen LogP contribution in [0.2, 0.25) is 0 Å². The zero-order valence-electron chi connectivity index (χ0n) is 10.5. The van der Waals surface area contributed by atoms with Crippen LogP contribution in [0.15, 0.2) is 36.8 Å². The Morgan fingerprint density at radius 1 is 1.17 bits per heavy atom. The van der Waals surface area contributed by atoms with Crippen LogP contribution in [0, 0.1) is 18.8 Å². The summed E-state index contributed by atoms with van der Waals surface area (Å²) < 4.78 is 2.38. The second-order valence-corrected chi connectivity index (χ2v) is 5.53. The van der Waals surface area contributed by atoms with Crippen LogP contribution < -0.4 is 5.32 Å². The lowest BCUT2D eigenvalue weighted by atomic mass is 10.1. The van der Waals surface area contributed by atoms with Gasteiger partial charge in [0, 0.05) is 19.1 Å². The number of imidazole rings is 1. The second-order valence-electron chi connectivity index (χ2n) is 5.53. The molecular formula is C15H17N3. The molecule has 2 aliphatic rings. The number of piperidine rings is 1. The molecule has 1 aromatic carbocycles. The SMILES string of the molecule is Cc1ccc(-c2cncn2C2C3CNCC32)cc1. The number of rotatable bonds is 2. The summed E-state index contributed by atoms with van der Waals surface area (Å²) in [4.78, 5) is 4.35. The summed E-state index contributed by atoms with van der Waals surface area (Å²) in [6.45, 7) is 4.46. The molecule has 4 rings (SSSR count). The van der Waals surface area contributed by atoms with Gasteiger partial charge in [-0.1, -0.05) is 29.8 Å². The van der Waals surface area contributed by atoms with Gasteiger partial charge in [-0.05, 0) is 24.3 Å². The minimum atomic E-state index is 0.671. The van der Waals surface area contributed by atoms with Gasteiger partial charge in [-0.3, -0.25) is 0 Å². The topological polar surface area (TPSA) is 29.9 Å². The van der Waals surface area contributed by atoms with E-state index in [1.165, 1.54) is 29.9 Å². The van der Waals surface area contributed by atoms with E-state index in [1.54, 1.807) is 0 Å². The lowest BCUT2D eigenvalue weighted by Gasteiger charge is -2.11. The molecule has 3 heteroatoms. The van der Waals surface area contributed by atoms with Gasteiger partial charge in [0.25, 0.3) is 0 Å². The molecule has 0 radical (unpaired) electrons. The maximum Gasteiger partial charge on any atom is 0.0953 e. The summed E-state index contributed by atoms with van der Waals surface area (Å²) in [7, 11) is 0. The molecule has 1 saturated carbocycles. The Kier molecular flexibility index (Phi) is 2.12. The van der Waals surface area contributed by atoms with Crippen molar-refractivity contribution in [2.75, 3.05) is 13.1 Å². The molecule has 2 atom stereocenters. The Hall–Kier alpha value is -1.61. The predicted octanol–water partition coefficient (Wildman–Crippen LogP) is 2.25. The van der Waals surface area contributed by atoms with Gasteiger partial charge in [0.2, 0.25) is 0 Å². The van der Waals surface area contributed by atoms with Gasteiger partial charge < -0.3 is 9.88 Å². The number of benzene rings is 1. The minimum Gasteiger partial charge on any atom is -0.327 e. The van der Waals surface area contributed by atoms with Crippen molar-refractivity contribution in [3.8, 4) is 11.3 Å². The van der Waals surface area contributed by atoms with Gasteiger partial charge in [-0.25, -0.2) is 4.98 Å². The van der Waals surface area contributed by atoms with E-state index >= 15 is 0 Å². The van der Waals surface area contributed by atoms with E-state index in [0.717, 1.165) is 11.8 Å². The summed E-state index contributed by atoms with van der Waals surface area (Å²) in [5.74, 6) is 1.65. The first-order valence-corrected chi connectivity index (χ1v) is 6.64. The van der Waals surface area contributed by atoms with E-state index in [9.17, 15) is 0 Å². The number of aryl methyl sites for hydroxylation is 1. The molecule has 0 spiro atoms. The highest BCUT2D eigenvalue weighted by molar-refractivity contribution is 5.59. The van der Waals surface area contributed by atoms with E-state index in [1.807, 2.05) is 12.5 Å². The quantitative estimate of drug-likeness (QED) is 0.871. The molecule has 1 saturated heterocycles. The third kappa shape index (κ3) is 1.44. The summed E-state index contributed by atoms with van der Waals surface area (Å²) in [6.07, 6.45) is 3.99. The molecule has 1 aliphatic heterocycles. The highest BCUT2D eigenvalue weighted by Crippen LogP contribution is 2.53. The van der Waals surface area contributed by atoms with Crippen LogP contribution in [0.5, 0.6) is 0 Å². The van der Waals surface area contributed by atoms with Crippen LogP contribution in [0.1, 0.15) is 11.6 Å². The van der Waals surface area contributed by atoms with E-state index in [-0.39, 0.29) is 0 Å². The Labute approximate surface area is 107 Å².